The summed E-state index contributed by atoms with van der Waals surface area (Å²) in [6.07, 6.45) is 2.85. The van der Waals surface area contributed by atoms with Crippen molar-refractivity contribution in [1.82, 2.24) is 10.2 Å². The summed E-state index contributed by atoms with van der Waals surface area (Å²) in [5, 5.41) is 14.1. The largest absolute Gasteiger partial charge is 0.388 e. The number of aliphatic hydroxyl groups is 1. The van der Waals surface area contributed by atoms with Crippen molar-refractivity contribution in [2.24, 2.45) is 4.99 Å². The van der Waals surface area contributed by atoms with Crippen molar-refractivity contribution in [3.63, 3.8) is 0 Å². The molecule has 1 aromatic carbocycles. The molecule has 0 radical (unpaired) electrons. The van der Waals surface area contributed by atoms with E-state index in [9.17, 15) is 5.11 Å². The lowest BCUT2D eigenvalue weighted by atomic mass is 9.80. The van der Waals surface area contributed by atoms with Gasteiger partial charge in [-0.25, -0.2) is 0 Å². The Bertz CT molecular complexity index is 492. The van der Waals surface area contributed by atoms with E-state index >= 15 is 0 Å². The van der Waals surface area contributed by atoms with Crippen molar-refractivity contribution in [2.45, 2.75) is 31.4 Å². The van der Waals surface area contributed by atoms with Gasteiger partial charge in [-0.2, -0.15) is 0 Å². The van der Waals surface area contributed by atoms with Gasteiger partial charge in [-0.15, -0.1) is 24.0 Å². The van der Waals surface area contributed by atoms with Crippen LogP contribution in [0.2, 0.25) is 5.02 Å². The minimum Gasteiger partial charge on any atom is -0.388 e. The van der Waals surface area contributed by atoms with Crippen molar-refractivity contribution in [1.29, 1.82) is 0 Å². The average Bonchev–Trinajstić information content (AvgIpc) is 2.37. The lowest BCUT2D eigenvalue weighted by molar-refractivity contribution is -0.0282. The Morgan fingerprint density at radius 1 is 1.48 bits per heavy atom. The molecule has 0 amide bonds. The molecule has 4 nitrogen and oxygen atoms in total. The second-order valence-electron chi connectivity index (χ2n) is 5.46. The molecule has 118 valence electrons. The zero-order valence-corrected chi connectivity index (χ0v) is 15.6. The van der Waals surface area contributed by atoms with E-state index in [4.69, 9.17) is 11.6 Å². The molecule has 0 aliphatic heterocycles. The highest BCUT2D eigenvalue weighted by atomic mass is 127. The first-order valence-corrected chi connectivity index (χ1v) is 7.29. The van der Waals surface area contributed by atoms with E-state index < -0.39 is 5.60 Å². The van der Waals surface area contributed by atoms with E-state index in [1.54, 1.807) is 7.05 Å². The summed E-state index contributed by atoms with van der Waals surface area (Å²) in [5.41, 5.74) is 0.581. The lowest BCUT2D eigenvalue weighted by Crippen LogP contribution is -2.50. The molecule has 1 aliphatic carbocycles. The van der Waals surface area contributed by atoms with Crippen LogP contribution in [0.15, 0.2) is 29.3 Å². The van der Waals surface area contributed by atoms with Crippen LogP contribution in [0, 0.1) is 0 Å². The second kappa shape index (κ2) is 8.19. The van der Waals surface area contributed by atoms with Gasteiger partial charge in [0.25, 0.3) is 0 Å². The van der Waals surface area contributed by atoms with Crippen molar-refractivity contribution in [2.75, 3.05) is 20.6 Å². The predicted octanol–water partition coefficient (Wildman–Crippen LogP) is 2.88. The molecular weight excluding hydrogens is 401 g/mol. The Kier molecular flexibility index (Phi) is 7.23. The second-order valence-corrected chi connectivity index (χ2v) is 5.90. The van der Waals surface area contributed by atoms with E-state index in [1.807, 2.05) is 36.2 Å². The molecule has 2 N–H and O–H groups in total. The zero-order valence-electron chi connectivity index (χ0n) is 12.5. The molecule has 0 atom stereocenters. The van der Waals surface area contributed by atoms with Crippen molar-refractivity contribution >= 4 is 41.5 Å². The number of guanidine groups is 1. The molecular formula is C15H23ClIN3O. The number of hydrogen-bond acceptors (Lipinski definition) is 2. The first-order valence-electron chi connectivity index (χ1n) is 6.91. The molecule has 0 bridgehead atoms. The third-order valence-corrected chi connectivity index (χ3v) is 3.98. The van der Waals surface area contributed by atoms with Crippen molar-refractivity contribution < 1.29 is 5.11 Å². The molecule has 1 fully saturated rings. The summed E-state index contributed by atoms with van der Waals surface area (Å²) in [6.45, 7) is 1.28. The summed E-state index contributed by atoms with van der Waals surface area (Å²) in [5.74, 6) is 0.783. The standard InChI is InChI=1S/C15H22ClN3O.HI/c1-17-14(18-11-15(20)7-4-8-15)19(2)10-12-5-3-6-13(16)9-12;/h3,5-6,9,20H,4,7-8,10-11H2,1-2H3,(H,17,18);1H. The van der Waals surface area contributed by atoms with Gasteiger partial charge in [0.15, 0.2) is 5.96 Å². The fourth-order valence-corrected chi connectivity index (χ4v) is 2.59. The Morgan fingerprint density at radius 3 is 2.71 bits per heavy atom. The van der Waals surface area contributed by atoms with Crippen LogP contribution in [0.1, 0.15) is 24.8 Å². The van der Waals surface area contributed by atoms with E-state index in [0.29, 0.717) is 6.54 Å². The number of hydrogen-bond donors (Lipinski definition) is 2. The van der Waals surface area contributed by atoms with Crippen LogP contribution in [-0.2, 0) is 6.54 Å². The Labute approximate surface area is 148 Å². The molecule has 6 heteroatoms. The molecule has 0 spiro atoms. The minimum absolute atomic E-state index is 0. The topological polar surface area (TPSA) is 47.9 Å². The van der Waals surface area contributed by atoms with Crippen molar-refractivity contribution in [3.8, 4) is 0 Å². The summed E-state index contributed by atoms with van der Waals surface area (Å²) in [7, 11) is 3.72. The Hall–Kier alpha value is -0.530. The smallest absolute Gasteiger partial charge is 0.193 e. The molecule has 0 heterocycles. The van der Waals surface area contributed by atoms with Gasteiger partial charge in [-0.05, 0) is 37.0 Å². The quantitative estimate of drug-likeness (QED) is 0.445. The van der Waals surface area contributed by atoms with Crippen LogP contribution in [0.25, 0.3) is 0 Å². The highest BCUT2D eigenvalue weighted by Crippen LogP contribution is 2.30. The van der Waals surface area contributed by atoms with Crippen LogP contribution in [0.4, 0.5) is 0 Å². The normalized spacial score (nSPS) is 16.7. The summed E-state index contributed by atoms with van der Waals surface area (Å²) < 4.78 is 0. The molecule has 0 saturated heterocycles. The molecule has 1 aromatic rings. The van der Waals surface area contributed by atoms with E-state index in [2.05, 4.69) is 10.3 Å². The third-order valence-electron chi connectivity index (χ3n) is 3.74. The summed E-state index contributed by atoms with van der Waals surface area (Å²) >= 11 is 5.99. The summed E-state index contributed by atoms with van der Waals surface area (Å²) in [4.78, 5) is 6.28. The van der Waals surface area contributed by atoms with E-state index in [-0.39, 0.29) is 24.0 Å². The number of nitrogens with one attached hydrogen (secondary N) is 1. The first kappa shape index (κ1) is 18.5. The third kappa shape index (κ3) is 5.30. The van der Waals surface area contributed by atoms with Gasteiger partial charge in [0.05, 0.1) is 5.60 Å². The van der Waals surface area contributed by atoms with Gasteiger partial charge in [0.1, 0.15) is 0 Å². The maximum atomic E-state index is 10.1. The number of halogens is 2. The van der Waals surface area contributed by atoms with Gasteiger partial charge in [0, 0.05) is 32.2 Å². The minimum atomic E-state index is -0.549. The number of rotatable bonds is 4. The zero-order chi connectivity index (χ0) is 14.6. The highest BCUT2D eigenvalue weighted by molar-refractivity contribution is 14.0. The van der Waals surface area contributed by atoms with Gasteiger partial charge >= 0.3 is 0 Å². The van der Waals surface area contributed by atoms with Crippen molar-refractivity contribution in [3.05, 3.63) is 34.9 Å². The summed E-state index contributed by atoms with van der Waals surface area (Å²) in [6, 6.07) is 7.79. The van der Waals surface area contributed by atoms with Crippen LogP contribution < -0.4 is 5.32 Å². The van der Waals surface area contributed by atoms with Crippen LogP contribution >= 0.6 is 35.6 Å². The predicted molar refractivity (Wildman–Crippen MR) is 98.5 cm³/mol. The maximum absolute atomic E-state index is 10.1. The number of nitrogens with zero attached hydrogens (tertiary/aromatic N) is 2. The maximum Gasteiger partial charge on any atom is 0.193 e. The van der Waals surface area contributed by atoms with Gasteiger partial charge in [-0.1, -0.05) is 23.7 Å². The average molecular weight is 424 g/mol. The highest BCUT2D eigenvalue weighted by Gasteiger charge is 2.34. The van der Waals surface area contributed by atoms with E-state index in [0.717, 1.165) is 42.4 Å². The molecule has 0 unspecified atom stereocenters. The van der Waals surface area contributed by atoms with Gasteiger partial charge in [-0.3, -0.25) is 4.99 Å². The van der Waals surface area contributed by atoms with Crippen LogP contribution in [0.5, 0.6) is 0 Å². The fraction of sp³-hybridized carbons (Fsp3) is 0.533. The monoisotopic (exact) mass is 423 g/mol. The number of benzene rings is 1. The number of aliphatic imine (C=N–C) groups is 1. The Morgan fingerprint density at radius 2 is 2.19 bits per heavy atom. The van der Waals surface area contributed by atoms with Crippen LogP contribution in [-0.4, -0.2) is 42.2 Å². The molecule has 0 aromatic heterocycles. The van der Waals surface area contributed by atoms with Crippen LogP contribution in [0.3, 0.4) is 0 Å². The molecule has 2 rings (SSSR count). The first-order chi connectivity index (χ1) is 9.52. The van der Waals surface area contributed by atoms with Gasteiger partial charge in [0.2, 0.25) is 0 Å². The SMILES string of the molecule is CN=C(NCC1(O)CCC1)N(C)Cc1cccc(Cl)c1.I. The molecule has 1 saturated carbocycles. The fourth-order valence-electron chi connectivity index (χ4n) is 2.37. The lowest BCUT2D eigenvalue weighted by Gasteiger charge is -2.37. The molecule has 1 aliphatic rings. The van der Waals surface area contributed by atoms with E-state index in [1.165, 1.54) is 0 Å². The van der Waals surface area contributed by atoms with Gasteiger partial charge < -0.3 is 15.3 Å². The molecule has 21 heavy (non-hydrogen) atoms. The Balaban J connectivity index is 0.00000220.